The van der Waals surface area contributed by atoms with E-state index in [-0.39, 0.29) is 18.4 Å². The van der Waals surface area contributed by atoms with Crippen LogP contribution in [0.2, 0.25) is 10.0 Å². The summed E-state index contributed by atoms with van der Waals surface area (Å²) in [5.41, 5.74) is -0.231. The highest BCUT2D eigenvalue weighted by Gasteiger charge is 2.29. The lowest BCUT2D eigenvalue weighted by atomic mass is 9.90. The molecule has 0 saturated heterocycles. The molecular weight excluding hydrogens is 297 g/mol. The van der Waals surface area contributed by atoms with Gasteiger partial charge in [-0.3, -0.25) is 4.79 Å². The van der Waals surface area contributed by atoms with Crippen molar-refractivity contribution in [2.45, 2.75) is 26.3 Å². The average Bonchev–Trinajstić information content (AvgIpc) is 2.35. The summed E-state index contributed by atoms with van der Waals surface area (Å²) < 4.78 is 0. The smallest absolute Gasteiger partial charge is 0.240 e. The SMILES string of the molecule is CC(C)C(C)(C#N)NC(=O)CNc1cc(Cl)cc(Cl)c1. The second-order valence-electron chi connectivity index (χ2n) is 5.03. The predicted octanol–water partition coefficient (Wildman–Crippen LogP) is 3.46. The minimum atomic E-state index is -0.884. The summed E-state index contributed by atoms with van der Waals surface area (Å²) in [5.74, 6) is -0.254. The van der Waals surface area contributed by atoms with E-state index in [0.29, 0.717) is 15.7 Å². The Labute approximate surface area is 129 Å². The van der Waals surface area contributed by atoms with Gasteiger partial charge in [-0.1, -0.05) is 37.0 Å². The molecule has 0 aliphatic rings. The van der Waals surface area contributed by atoms with Gasteiger partial charge in [-0.2, -0.15) is 5.26 Å². The Morgan fingerprint density at radius 1 is 1.35 bits per heavy atom. The molecule has 0 saturated carbocycles. The summed E-state index contributed by atoms with van der Waals surface area (Å²) in [6.07, 6.45) is 0. The van der Waals surface area contributed by atoms with Gasteiger partial charge in [0.1, 0.15) is 5.54 Å². The van der Waals surface area contributed by atoms with Crippen molar-refractivity contribution < 1.29 is 4.79 Å². The standard InChI is InChI=1S/C14H17Cl2N3O/c1-9(2)14(3,8-17)19-13(20)7-18-12-5-10(15)4-11(16)6-12/h4-6,9,18H,7H2,1-3H3,(H,19,20). The third kappa shape index (κ3) is 4.59. The molecule has 1 aromatic rings. The number of anilines is 1. The minimum Gasteiger partial charge on any atom is -0.376 e. The van der Waals surface area contributed by atoms with E-state index < -0.39 is 5.54 Å². The van der Waals surface area contributed by atoms with Crippen LogP contribution in [0.4, 0.5) is 5.69 Å². The number of hydrogen-bond acceptors (Lipinski definition) is 3. The molecule has 1 aromatic carbocycles. The Kier molecular flexibility index (Phi) is 5.67. The molecule has 20 heavy (non-hydrogen) atoms. The summed E-state index contributed by atoms with van der Waals surface area (Å²) >= 11 is 11.7. The number of benzene rings is 1. The van der Waals surface area contributed by atoms with E-state index in [1.807, 2.05) is 13.8 Å². The van der Waals surface area contributed by atoms with E-state index in [2.05, 4.69) is 16.7 Å². The van der Waals surface area contributed by atoms with Crippen LogP contribution in [-0.2, 0) is 4.79 Å². The van der Waals surface area contributed by atoms with E-state index in [1.54, 1.807) is 25.1 Å². The van der Waals surface area contributed by atoms with Gasteiger partial charge in [0.05, 0.1) is 12.6 Å². The number of nitriles is 1. The van der Waals surface area contributed by atoms with Crippen molar-refractivity contribution >= 4 is 34.8 Å². The predicted molar refractivity (Wildman–Crippen MR) is 82.0 cm³/mol. The first kappa shape index (κ1) is 16.6. The van der Waals surface area contributed by atoms with Crippen LogP contribution in [0.25, 0.3) is 0 Å². The molecule has 0 fully saturated rings. The molecule has 1 atom stereocenters. The highest BCUT2D eigenvalue weighted by Crippen LogP contribution is 2.22. The van der Waals surface area contributed by atoms with Crippen molar-refractivity contribution in [1.82, 2.24) is 5.32 Å². The minimum absolute atomic E-state index is 0.0112. The summed E-state index contributed by atoms with van der Waals surface area (Å²) in [6.45, 7) is 5.51. The number of nitrogens with zero attached hydrogens (tertiary/aromatic N) is 1. The highest BCUT2D eigenvalue weighted by atomic mass is 35.5. The summed E-state index contributed by atoms with van der Waals surface area (Å²) in [6, 6.07) is 7.08. The van der Waals surface area contributed by atoms with E-state index in [0.717, 1.165) is 0 Å². The third-order valence-electron chi connectivity index (χ3n) is 3.10. The van der Waals surface area contributed by atoms with Gasteiger partial charge >= 0.3 is 0 Å². The van der Waals surface area contributed by atoms with Crippen molar-refractivity contribution in [1.29, 1.82) is 5.26 Å². The lowest BCUT2D eigenvalue weighted by Crippen LogP contribution is -2.50. The Balaban J connectivity index is 2.62. The quantitative estimate of drug-likeness (QED) is 0.875. The molecule has 0 aliphatic heterocycles. The molecule has 0 aromatic heterocycles. The fraction of sp³-hybridized carbons (Fsp3) is 0.429. The average molecular weight is 314 g/mol. The van der Waals surface area contributed by atoms with E-state index in [4.69, 9.17) is 28.5 Å². The molecule has 0 bridgehead atoms. The van der Waals surface area contributed by atoms with Crippen molar-refractivity contribution in [3.8, 4) is 6.07 Å². The number of rotatable bonds is 5. The van der Waals surface area contributed by atoms with Crippen molar-refractivity contribution in [2.75, 3.05) is 11.9 Å². The first-order valence-electron chi connectivity index (χ1n) is 6.19. The number of halogens is 2. The van der Waals surface area contributed by atoms with Crippen LogP contribution >= 0.6 is 23.2 Å². The second-order valence-corrected chi connectivity index (χ2v) is 5.90. The van der Waals surface area contributed by atoms with Crippen molar-refractivity contribution in [3.63, 3.8) is 0 Å². The number of hydrogen-bond donors (Lipinski definition) is 2. The third-order valence-corrected chi connectivity index (χ3v) is 3.54. The molecular formula is C14H17Cl2N3O. The van der Waals surface area contributed by atoms with E-state index in [9.17, 15) is 4.79 Å². The number of carbonyl (C=O) groups is 1. The monoisotopic (exact) mass is 313 g/mol. The van der Waals surface area contributed by atoms with Gasteiger partial charge in [-0.05, 0) is 31.0 Å². The Bertz CT molecular complexity index is 519. The molecule has 1 unspecified atom stereocenters. The second kappa shape index (κ2) is 6.83. The van der Waals surface area contributed by atoms with Crippen LogP contribution < -0.4 is 10.6 Å². The van der Waals surface area contributed by atoms with Crippen LogP contribution in [0.3, 0.4) is 0 Å². The molecule has 1 rings (SSSR count). The van der Waals surface area contributed by atoms with Crippen LogP contribution in [0, 0.1) is 17.2 Å². The summed E-state index contributed by atoms with van der Waals surface area (Å²) in [7, 11) is 0. The zero-order valence-electron chi connectivity index (χ0n) is 11.6. The van der Waals surface area contributed by atoms with Crippen LogP contribution in [0.15, 0.2) is 18.2 Å². The number of carbonyl (C=O) groups excluding carboxylic acids is 1. The maximum atomic E-state index is 11.9. The molecule has 0 spiro atoms. The van der Waals surface area contributed by atoms with Gasteiger partial charge in [-0.15, -0.1) is 0 Å². The van der Waals surface area contributed by atoms with E-state index in [1.165, 1.54) is 0 Å². The van der Waals surface area contributed by atoms with Crippen molar-refractivity contribution in [2.24, 2.45) is 5.92 Å². The first-order chi connectivity index (χ1) is 9.26. The molecule has 2 N–H and O–H groups in total. The molecule has 0 aliphatic carbocycles. The van der Waals surface area contributed by atoms with Crippen LogP contribution in [0.5, 0.6) is 0 Å². The van der Waals surface area contributed by atoms with Gasteiger partial charge in [0, 0.05) is 15.7 Å². The highest BCUT2D eigenvalue weighted by molar-refractivity contribution is 6.35. The summed E-state index contributed by atoms with van der Waals surface area (Å²) in [4.78, 5) is 11.9. The molecule has 0 radical (unpaired) electrons. The fourth-order valence-corrected chi connectivity index (χ4v) is 2.00. The summed E-state index contributed by atoms with van der Waals surface area (Å²) in [5, 5.41) is 15.8. The topological polar surface area (TPSA) is 64.9 Å². The molecule has 4 nitrogen and oxygen atoms in total. The molecule has 1 amide bonds. The van der Waals surface area contributed by atoms with Crippen LogP contribution in [-0.4, -0.2) is 18.0 Å². The molecule has 6 heteroatoms. The lowest BCUT2D eigenvalue weighted by molar-refractivity contribution is -0.121. The zero-order chi connectivity index (χ0) is 15.3. The molecule has 0 heterocycles. The Hall–Kier alpha value is -1.44. The maximum absolute atomic E-state index is 11.9. The number of amides is 1. The van der Waals surface area contributed by atoms with Gasteiger partial charge < -0.3 is 10.6 Å². The lowest BCUT2D eigenvalue weighted by Gasteiger charge is -2.27. The van der Waals surface area contributed by atoms with Gasteiger partial charge in [0.15, 0.2) is 0 Å². The van der Waals surface area contributed by atoms with Crippen molar-refractivity contribution in [3.05, 3.63) is 28.2 Å². The number of nitrogens with one attached hydrogen (secondary N) is 2. The normalized spacial score (nSPS) is 13.4. The first-order valence-corrected chi connectivity index (χ1v) is 6.94. The fourth-order valence-electron chi connectivity index (χ4n) is 1.47. The molecule has 108 valence electrons. The Morgan fingerprint density at radius 3 is 2.35 bits per heavy atom. The Morgan fingerprint density at radius 2 is 1.90 bits per heavy atom. The zero-order valence-corrected chi connectivity index (χ0v) is 13.1. The van der Waals surface area contributed by atoms with Gasteiger partial charge in [-0.25, -0.2) is 0 Å². The van der Waals surface area contributed by atoms with Gasteiger partial charge in [0.2, 0.25) is 5.91 Å². The largest absolute Gasteiger partial charge is 0.376 e. The maximum Gasteiger partial charge on any atom is 0.240 e. The van der Waals surface area contributed by atoms with E-state index >= 15 is 0 Å². The van der Waals surface area contributed by atoms with Gasteiger partial charge in [0.25, 0.3) is 0 Å². The van der Waals surface area contributed by atoms with Crippen LogP contribution in [0.1, 0.15) is 20.8 Å².